The third-order valence-corrected chi connectivity index (χ3v) is 7.64. The van der Waals surface area contributed by atoms with E-state index in [0.717, 1.165) is 61.0 Å². The van der Waals surface area contributed by atoms with E-state index in [1.165, 1.54) is 19.3 Å². The van der Waals surface area contributed by atoms with Gasteiger partial charge in [-0.05, 0) is 79.6 Å². The third-order valence-electron chi connectivity index (χ3n) is 7.64. The molecule has 0 bridgehead atoms. The molecule has 1 fully saturated rings. The Hall–Kier alpha value is -4.13. The lowest BCUT2D eigenvalue weighted by molar-refractivity contribution is 0.0927. The molecule has 7 heteroatoms. The number of pyridine rings is 2. The van der Waals surface area contributed by atoms with E-state index in [2.05, 4.69) is 15.2 Å². The zero-order valence-electron chi connectivity index (χ0n) is 23.0. The first-order valence-electron chi connectivity index (χ1n) is 14.4. The second-order valence-corrected chi connectivity index (χ2v) is 10.5. The van der Waals surface area contributed by atoms with E-state index in [9.17, 15) is 9.59 Å². The summed E-state index contributed by atoms with van der Waals surface area (Å²) >= 11 is 0. The Kier molecular flexibility index (Phi) is 9.46. The summed E-state index contributed by atoms with van der Waals surface area (Å²) < 4.78 is 7.79. The molecule has 2 heterocycles. The van der Waals surface area contributed by atoms with E-state index < -0.39 is 0 Å². The maximum absolute atomic E-state index is 12.9. The van der Waals surface area contributed by atoms with Crippen LogP contribution in [0.2, 0.25) is 0 Å². The maximum Gasteiger partial charge on any atom is 0.258 e. The van der Waals surface area contributed by atoms with Gasteiger partial charge >= 0.3 is 0 Å². The van der Waals surface area contributed by atoms with Crippen LogP contribution in [0.15, 0.2) is 90.1 Å². The van der Waals surface area contributed by atoms with Gasteiger partial charge in [0.2, 0.25) is 0 Å². The normalized spacial score (nSPS) is 13.7. The molecule has 0 radical (unpaired) electrons. The van der Waals surface area contributed by atoms with Crippen molar-refractivity contribution in [1.82, 2.24) is 14.9 Å². The Morgan fingerprint density at radius 3 is 2.48 bits per heavy atom. The van der Waals surface area contributed by atoms with E-state index in [0.29, 0.717) is 24.8 Å². The van der Waals surface area contributed by atoms with Crippen molar-refractivity contribution in [3.8, 4) is 5.75 Å². The average Bonchev–Trinajstić information content (AvgIpc) is 3.01. The lowest BCUT2D eigenvalue weighted by Crippen LogP contribution is -2.36. The molecule has 1 aliphatic carbocycles. The highest BCUT2D eigenvalue weighted by molar-refractivity contribution is 5.94. The van der Waals surface area contributed by atoms with E-state index in [1.54, 1.807) is 17.0 Å². The number of fused-ring (bicyclic) bond motifs is 1. The molecule has 2 aromatic heterocycles. The molecule has 0 saturated heterocycles. The zero-order valence-corrected chi connectivity index (χ0v) is 23.0. The number of carbonyl (C=O) groups excluding carboxylic acids is 1. The first kappa shape index (κ1) is 27.4. The van der Waals surface area contributed by atoms with Crippen molar-refractivity contribution >= 4 is 22.4 Å². The number of nitrogens with one attached hydrogen (secondary N) is 1. The van der Waals surface area contributed by atoms with Gasteiger partial charge in [0.15, 0.2) is 0 Å². The summed E-state index contributed by atoms with van der Waals surface area (Å²) in [6, 6.07) is 21.5. The van der Waals surface area contributed by atoms with Gasteiger partial charge in [-0.3, -0.25) is 14.6 Å². The van der Waals surface area contributed by atoms with Crippen LogP contribution in [0.25, 0.3) is 10.8 Å². The molecule has 1 saturated carbocycles. The first-order chi connectivity index (χ1) is 19.7. The predicted molar refractivity (Wildman–Crippen MR) is 160 cm³/mol. The number of carbonyl (C=O) groups is 1. The largest absolute Gasteiger partial charge is 0.494 e. The maximum atomic E-state index is 12.9. The van der Waals surface area contributed by atoms with Crippen LogP contribution < -0.4 is 20.5 Å². The molecule has 5 rings (SSSR count). The standard InChI is InChI=1S/C33H38N4O3/c38-32(35-28-9-2-1-3-10-28)27-12-14-30(15-13-27)40-25-7-23-36(29-16-19-34-20-17-29)21-6-22-37-24-18-26-8-4-5-11-31(26)33(37)39/h4-5,8,11-20,24,28H,1-3,6-7,9-10,21-23,25H2,(H,35,38). The highest BCUT2D eigenvalue weighted by Gasteiger charge is 2.16. The van der Waals surface area contributed by atoms with Gasteiger partial charge in [-0.1, -0.05) is 37.5 Å². The predicted octanol–water partition coefficient (Wildman–Crippen LogP) is 5.82. The lowest BCUT2D eigenvalue weighted by Gasteiger charge is -2.25. The molecule has 208 valence electrons. The van der Waals surface area contributed by atoms with Crippen molar-refractivity contribution in [2.24, 2.45) is 0 Å². The number of anilines is 1. The van der Waals surface area contributed by atoms with Crippen molar-refractivity contribution in [1.29, 1.82) is 0 Å². The van der Waals surface area contributed by atoms with Gasteiger partial charge in [-0.25, -0.2) is 0 Å². The van der Waals surface area contributed by atoms with Crippen LogP contribution in [0, 0.1) is 0 Å². The summed E-state index contributed by atoms with van der Waals surface area (Å²) in [5.41, 5.74) is 1.83. The van der Waals surface area contributed by atoms with Crippen molar-refractivity contribution in [3.05, 3.63) is 101 Å². The summed E-state index contributed by atoms with van der Waals surface area (Å²) in [5.74, 6) is 0.762. The Morgan fingerprint density at radius 2 is 1.68 bits per heavy atom. The van der Waals surface area contributed by atoms with E-state index in [-0.39, 0.29) is 11.5 Å². The fourth-order valence-electron chi connectivity index (χ4n) is 5.43. The van der Waals surface area contributed by atoms with E-state index in [1.807, 2.05) is 72.9 Å². The first-order valence-corrected chi connectivity index (χ1v) is 14.4. The number of ether oxygens (including phenoxy) is 1. The molecule has 1 amide bonds. The second-order valence-electron chi connectivity index (χ2n) is 10.5. The Bertz CT molecular complexity index is 1430. The van der Waals surface area contributed by atoms with E-state index in [4.69, 9.17) is 4.74 Å². The highest BCUT2D eigenvalue weighted by atomic mass is 16.5. The minimum Gasteiger partial charge on any atom is -0.494 e. The number of hydrogen-bond acceptors (Lipinski definition) is 5. The van der Waals surface area contributed by atoms with Gasteiger partial charge in [-0.2, -0.15) is 0 Å². The fourth-order valence-corrected chi connectivity index (χ4v) is 5.43. The van der Waals surface area contributed by atoms with Crippen LogP contribution >= 0.6 is 0 Å². The number of aryl methyl sites for hydroxylation is 1. The molecular formula is C33H38N4O3. The number of hydrogen-bond donors (Lipinski definition) is 1. The molecule has 7 nitrogen and oxygen atoms in total. The monoisotopic (exact) mass is 538 g/mol. The Balaban J connectivity index is 1.10. The molecular weight excluding hydrogens is 500 g/mol. The Labute approximate surface area is 235 Å². The van der Waals surface area contributed by atoms with Gasteiger partial charge in [0.1, 0.15) is 5.75 Å². The van der Waals surface area contributed by atoms with Crippen LogP contribution in [-0.2, 0) is 6.54 Å². The minimum absolute atomic E-state index is 0.00241. The van der Waals surface area contributed by atoms with E-state index >= 15 is 0 Å². The number of amides is 1. The summed E-state index contributed by atoms with van der Waals surface area (Å²) in [7, 11) is 0. The number of rotatable bonds is 12. The molecule has 1 aliphatic rings. The zero-order chi connectivity index (χ0) is 27.6. The molecule has 0 atom stereocenters. The van der Waals surface area contributed by atoms with Crippen LogP contribution in [-0.4, -0.2) is 41.2 Å². The van der Waals surface area contributed by atoms with Crippen LogP contribution in [0.5, 0.6) is 5.75 Å². The summed E-state index contributed by atoms with van der Waals surface area (Å²) in [4.78, 5) is 31.9. The van der Waals surface area contributed by atoms with Gasteiger partial charge in [0.25, 0.3) is 11.5 Å². The smallest absolute Gasteiger partial charge is 0.258 e. The number of nitrogens with zero attached hydrogens (tertiary/aromatic N) is 3. The minimum atomic E-state index is -0.00241. The van der Waals surface area contributed by atoms with Crippen molar-refractivity contribution in [2.45, 2.75) is 57.5 Å². The SMILES string of the molecule is O=C(NC1CCCCC1)c1ccc(OCCCN(CCCn2ccc3ccccc3c2=O)c2ccncc2)cc1. The average molecular weight is 539 g/mol. The molecule has 1 N–H and O–H groups in total. The molecule has 0 aliphatic heterocycles. The highest BCUT2D eigenvalue weighted by Crippen LogP contribution is 2.19. The molecule has 4 aromatic rings. The number of benzene rings is 2. The van der Waals surface area contributed by atoms with Gasteiger partial charge < -0.3 is 19.5 Å². The summed E-state index contributed by atoms with van der Waals surface area (Å²) in [6.45, 7) is 2.86. The quantitative estimate of drug-likeness (QED) is 0.230. The van der Waals surface area contributed by atoms with Gasteiger partial charge in [-0.15, -0.1) is 0 Å². The molecule has 0 unspecified atom stereocenters. The van der Waals surface area contributed by atoms with Crippen LogP contribution in [0.1, 0.15) is 55.3 Å². The number of aromatic nitrogens is 2. The van der Waals surface area contributed by atoms with Gasteiger partial charge in [0, 0.05) is 60.9 Å². The molecule has 0 spiro atoms. The van der Waals surface area contributed by atoms with Crippen LogP contribution in [0.4, 0.5) is 5.69 Å². The van der Waals surface area contributed by atoms with Gasteiger partial charge in [0.05, 0.1) is 6.61 Å². The molecule has 40 heavy (non-hydrogen) atoms. The lowest BCUT2D eigenvalue weighted by atomic mass is 9.95. The summed E-state index contributed by atoms with van der Waals surface area (Å²) in [5, 5.41) is 4.89. The topological polar surface area (TPSA) is 76.5 Å². The van der Waals surface area contributed by atoms with Crippen molar-refractivity contribution in [2.75, 3.05) is 24.6 Å². The Morgan fingerprint density at radius 1 is 0.925 bits per heavy atom. The van der Waals surface area contributed by atoms with Crippen molar-refractivity contribution in [3.63, 3.8) is 0 Å². The molecule has 2 aromatic carbocycles. The van der Waals surface area contributed by atoms with Crippen molar-refractivity contribution < 1.29 is 9.53 Å². The third kappa shape index (κ3) is 7.29. The van der Waals surface area contributed by atoms with Crippen LogP contribution in [0.3, 0.4) is 0 Å². The second kappa shape index (κ2) is 13.8. The fraction of sp³-hybridized carbons (Fsp3) is 0.364. The summed E-state index contributed by atoms with van der Waals surface area (Å²) in [6.07, 6.45) is 13.0.